The van der Waals surface area contributed by atoms with Crippen molar-refractivity contribution in [1.82, 2.24) is 14.8 Å². The summed E-state index contributed by atoms with van der Waals surface area (Å²) in [6.07, 6.45) is -2.74. The predicted molar refractivity (Wildman–Crippen MR) is 126 cm³/mol. The Hall–Kier alpha value is -4.33. The third-order valence-corrected chi connectivity index (χ3v) is 6.46. The highest BCUT2D eigenvalue weighted by atomic mass is 32.1. The molecule has 0 bridgehead atoms. The van der Waals surface area contributed by atoms with Gasteiger partial charge in [0, 0.05) is 5.39 Å². The highest BCUT2D eigenvalue weighted by Crippen LogP contribution is 2.43. The normalized spacial score (nSPS) is 12.5. The number of primary amides is 1. The summed E-state index contributed by atoms with van der Waals surface area (Å²) in [4.78, 5) is 38.8. The van der Waals surface area contributed by atoms with Crippen molar-refractivity contribution in [2.75, 3.05) is 5.32 Å². The molecule has 3 aromatic heterocycles. The molecule has 0 spiro atoms. The monoisotopic (exact) mass is 518 g/mol. The van der Waals surface area contributed by atoms with Crippen LogP contribution >= 0.6 is 11.3 Å². The van der Waals surface area contributed by atoms with Crippen LogP contribution in [0.1, 0.15) is 33.9 Å². The fourth-order valence-electron chi connectivity index (χ4n) is 3.48. The van der Waals surface area contributed by atoms with Crippen molar-refractivity contribution < 1.29 is 27.7 Å². The number of hydrogen-bond donors (Lipinski definition) is 2. The van der Waals surface area contributed by atoms with Crippen LogP contribution in [0, 0.1) is 17.0 Å². The van der Waals surface area contributed by atoms with Crippen LogP contribution in [0.3, 0.4) is 0 Å². The van der Waals surface area contributed by atoms with E-state index < -0.39 is 34.6 Å². The third kappa shape index (κ3) is 4.62. The van der Waals surface area contributed by atoms with Crippen molar-refractivity contribution in [1.29, 1.82) is 0 Å². The lowest BCUT2D eigenvalue weighted by atomic mass is 10.00. The van der Waals surface area contributed by atoms with E-state index in [9.17, 15) is 32.9 Å². The van der Waals surface area contributed by atoms with E-state index in [2.05, 4.69) is 15.4 Å². The molecule has 4 aromatic rings. The van der Waals surface area contributed by atoms with Crippen LogP contribution < -0.4 is 11.1 Å². The number of rotatable bonds is 6. The lowest BCUT2D eigenvalue weighted by Crippen LogP contribution is -2.25. The molecule has 0 radical (unpaired) electrons. The van der Waals surface area contributed by atoms with Gasteiger partial charge in [-0.25, -0.2) is 4.98 Å². The van der Waals surface area contributed by atoms with E-state index >= 15 is 0 Å². The number of fused-ring (bicyclic) bond motifs is 1. The van der Waals surface area contributed by atoms with Crippen LogP contribution in [-0.2, 0) is 11.0 Å². The molecule has 14 heteroatoms. The second-order valence-corrected chi connectivity index (χ2v) is 8.87. The molecular formula is C22H17F3N6O4S. The fourth-order valence-corrected chi connectivity index (χ4v) is 4.49. The van der Waals surface area contributed by atoms with E-state index in [1.165, 1.54) is 6.92 Å². The number of aryl methyl sites for hydroxylation is 1. The number of halogens is 3. The quantitative estimate of drug-likeness (QED) is 0.280. The first kappa shape index (κ1) is 24.8. The van der Waals surface area contributed by atoms with Crippen molar-refractivity contribution in [3.8, 4) is 11.1 Å². The second kappa shape index (κ2) is 9.03. The first-order chi connectivity index (χ1) is 16.9. The molecule has 4 rings (SSSR count). The Kier molecular flexibility index (Phi) is 6.22. The molecule has 0 saturated carbocycles. The highest BCUT2D eigenvalue weighted by Gasteiger charge is 2.35. The molecule has 1 aromatic carbocycles. The van der Waals surface area contributed by atoms with Crippen LogP contribution in [0.15, 0.2) is 42.7 Å². The van der Waals surface area contributed by atoms with Gasteiger partial charge < -0.3 is 11.1 Å². The molecule has 3 N–H and O–H groups in total. The summed E-state index contributed by atoms with van der Waals surface area (Å²) >= 11 is 0.620. The van der Waals surface area contributed by atoms with Crippen molar-refractivity contribution >= 4 is 44.7 Å². The van der Waals surface area contributed by atoms with Crippen molar-refractivity contribution in [2.45, 2.75) is 26.1 Å². The average molecular weight is 518 g/mol. The standard InChI is InChI=1S/C22H17F3N6O4S/c1-10-3-5-12(6-4-10)14-7-15(22(23,24)25)28-21-16(14)17(18(36-21)19(26)32)29-20(33)11(2)30-9-13(8-27-30)31(34)35/h3-9,11H,1-2H3,(H2,26,32)(H,29,33). The van der Waals surface area contributed by atoms with Crippen molar-refractivity contribution in [3.63, 3.8) is 0 Å². The Labute approximate surface area is 204 Å². The van der Waals surface area contributed by atoms with Gasteiger partial charge in [-0.15, -0.1) is 11.3 Å². The van der Waals surface area contributed by atoms with Gasteiger partial charge in [0.05, 0.1) is 10.6 Å². The summed E-state index contributed by atoms with van der Waals surface area (Å²) < 4.78 is 41.9. The maximum absolute atomic E-state index is 13.6. The predicted octanol–water partition coefficient (Wildman–Crippen LogP) is 4.69. The van der Waals surface area contributed by atoms with Gasteiger partial charge in [-0.05, 0) is 31.0 Å². The Morgan fingerprint density at radius 3 is 2.47 bits per heavy atom. The number of carbonyl (C=O) groups excluding carboxylic acids is 2. The summed E-state index contributed by atoms with van der Waals surface area (Å²) in [7, 11) is 0. The number of benzene rings is 1. The number of nitrogens with two attached hydrogens (primary N) is 1. The largest absolute Gasteiger partial charge is 0.433 e. The molecule has 0 aliphatic carbocycles. The number of hydrogen-bond acceptors (Lipinski definition) is 7. The zero-order valence-corrected chi connectivity index (χ0v) is 19.5. The molecule has 3 heterocycles. The number of nitrogens with zero attached hydrogens (tertiary/aromatic N) is 4. The zero-order valence-electron chi connectivity index (χ0n) is 18.7. The van der Waals surface area contributed by atoms with Crippen LogP contribution in [0.2, 0.25) is 0 Å². The number of pyridine rings is 1. The minimum atomic E-state index is -4.77. The number of anilines is 1. The number of thiophene rings is 1. The van der Waals surface area contributed by atoms with Gasteiger partial charge in [0.15, 0.2) is 0 Å². The number of amides is 2. The van der Waals surface area contributed by atoms with E-state index in [0.29, 0.717) is 16.9 Å². The molecule has 1 unspecified atom stereocenters. The second-order valence-electron chi connectivity index (χ2n) is 7.87. The van der Waals surface area contributed by atoms with Gasteiger partial charge in [-0.3, -0.25) is 24.4 Å². The maximum atomic E-state index is 13.6. The van der Waals surface area contributed by atoms with Crippen molar-refractivity contribution in [2.24, 2.45) is 5.73 Å². The van der Waals surface area contributed by atoms with E-state index in [0.717, 1.165) is 28.7 Å². The minimum Gasteiger partial charge on any atom is -0.365 e. The summed E-state index contributed by atoms with van der Waals surface area (Å²) in [5.41, 5.74) is 5.25. The average Bonchev–Trinajstić information content (AvgIpc) is 3.44. The molecule has 186 valence electrons. The smallest absolute Gasteiger partial charge is 0.365 e. The number of carbonyl (C=O) groups is 2. The summed E-state index contributed by atoms with van der Waals surface area (Å²) in [5.74, 6) is -1.70. The first-order valence-corrected chi connectivity index (χ1v) is 11.1. The highest BCUT2D eigenvalue weighted by molar-refractivity contribution is 7.21. The molecule has 0 saturated heterocycles. The maximum Gasteiger partial charge on any atom is 0.433 e. The molecule has 36 heavy (non-hydrogen) atoms. The number of nitro groups is 1. The van der Waals surface area contributed by atoms with Crippen LogP contribution in [0.5, 0.6) is 0 Å². The first-order valence-electron chi connectivity index (χ1n) is 10.3. The van der Waals surface area contributed by atoms with Gasteiger partial charge in [-0.1, -0.05) is 29.8 Å². The third-order valence-electron chi connectivity index (χ3n) is 5.36. The van der Waals surface area contributed by atoms with E-state index in [-0.39, 0.29) is 32.0 Å². The molecule has 0 aliphatic heterocycles. The van der Waals surface area contributed by atoms with Crippen LogP contribution in [-0.4, -0.2) is 31.5 Å². The molecule has 10 nitrogen and oxygen atoms in total. The van der Waals surface area contributed by atoms with Gasteiger partial charge in [0.25, 0.3) is 5.91 Å². The molecule has 0 aliphatic rings. The number of alkyl halides is 3. The summed E-state index contributed by atoms with van der Waals surface area (Å²) in [6, 6.07) is 6.42. The van der Waals surface area contributed by atoms with Gasteiger partial charge in [0.1, 0.15) is 33.8 Å². The number of aromatic nitrogens is 3. The molecule has 0 fully saturated rings. The van der Waals surface area contributed by atoms with E-state index in [1.54, 1.807) is 24.3 Å². The SMILES string of the molecule is Cc1ccc(-c2cc(C(F)(F)F)nc3sc(C(N)=O)c(NC(=O)C(C)n4cc([N+](=O)[O-])cn4)c23)cc1. The Bertz CT molecular complexity index is 1510. The van der Waals surface area contributed by atoms with Gasteiger partial charge in [-0.2, -0.15) is 18.3 Å². The summed E-state index contributed by atoms with van der Waals surface area (Å²) in [5, 5.41) is 17.4. The fraction of sp³-hybridized carbons (Fsp3) is 0.182. The van der Waals surface area contributed by atoms with Crippen LogP contribution in [0.25, 0.3) is 21.3 Å². The van der Waals surface area contributed by atoms with E-state index in [4.69, 9.17) is 5.73 Å². The minimum absolute atomic E-state index is 0.0914. The Balaban J connectivity index is 1.88. The lowest BCUT2D eigenvalue weighted by Gasteiger charge is -2.15. The molecule has 2 amide bonds. The topological polar surface area (TPSA) is 146 Å². The zero-order chi connectivity index (χ0) is 26.4. The van der Waals surface area contributed by atoms with Crippen LogP contribution in [0.4, 0.5) is 24.5 Å². The molecule has 1 atom stereocenters. The number of nitrogens with one attached hydrogen (secondary N) is 1. The van der Waals surface area contributed by atoms with Gasteiger partial charge >= 0.3 is 11.9 Å². The van der Waals surface area contributed by atoms with E-state index in [1.807, 2.05) is 6.92 Å². The Morgan fingerprint density at radius 2 is 1.92 bits per heavy atom. The Morgan fingerprint density at radius 1 is 1.25 bits per heavy atom. The van der Waals surface area contributed by atoms with Gasteiger partial charge in [0.2, 0.25) is 5.91 Å². The molecular weight excluding hydrogens is 501 g/mol. The lowest BCUT2D eigenvalue weighted by molar-refractivity contribution is -0.385. The van der Waals surface area contributed by atoms with Crippen molar-refractivity contribution in [3.05, 3.63) is 69.0 Å². The summed E-state index contributed by atoms with van der Waals surface area (Å²) in [6.45, 7) is 3.22.